The van der Waals surface area contributed by atoms with Gasteiger partial charge in [-0.05, 0) is 63.5 Å². The van der Waals surface area contributed by atoms with Crippen molar-refractivity contribution in [2.75, 3.05) is 31.5 Å². The first kappa shape index (κ1) is 12.9. The Morgan fingerprint density at radius 2 is 2.06 bits per heavy atom. The summed E-state index contributed by atoms with van der Waals surface area (Å²) in [7, 11) is 0. The van der Waals surface area contributed by atoms with Gasteiger partial charge in [-0.15, -0.1) is 0 Å². The van der Waals surface area contributed by atoms with Gasteiger partial charge in [0.15, 0.2) is 0 Å². The van der Waals surface area contributed by atoms with E-state index in [0.717, 1.165) is 6.54 Å². The first-order valence-electron chi connectivity index (χ1n) is 6.49. The molecule has 94 valence electrons. The summed E-state index contributed by atoms with van der Waals surface area (Å²) in [6.07, 6.45) is 4.00. The highest BCUT2D eigenvalue weighted by Gasteiger charge is 2.10. The van der Waals surface area contributed by atoms with Gasteiger partial charge in [-0.1, -0.05) is 22.0 Å². The lowest BCUT2D eigenvalue weighted by atomic mass is 10.2. The zero-order chi connectivity index (χ0) is 12.1. The predicted molar refractivity (Wildman–Crippen MR) is 77.7 cm³/mol. The van der Waals surface area contributed by atoms with Crippen molar-refractivity contribution in [3.05, 3.63) is 28.2 Å². The highest BCUT2D eigenvalue weighted by Crippen LogP contribution is 2.23. The van der Waals surface area contributed by atoms with Crippen LogP contribution in [0.4, 0.5) is 5.69 Å². The molecule has 1 N–H and O–H groups in total. The second-order valence-corrected chi connectivity index (χ2v) is 5.60. The third-order valence-corrected chi connectivity index (χ3v) is 4.29. The number of nitrogens with zero attached hydrogens (tertiary/aromatic N) is 1. The maximum atomic E-state index is 3.56. The van der Waals surface area contributed by atoms with Crippen LogP contribution < -0.4 is 5.32 Å². The third kappa shape index (κ3) is 3.71. The average molecular weight is 297 g/mol. The monoisotopic (exact) mass is 296 g/mol. The molecule has 0 spiro atoms. The van der Waals surface area contributed by atoms with Crippen LogP contribution in [-0.2, 0) is 0 Å². The fourth-order valence-electron chi connectivity index (χ4n) is 2.33. The molecule has 1 fully saturated rings. The Kier molecular flexibility index (Phi) is 4.86. The average Bonchev–Trinajstić information content (AvgIpc) is 2.83. The number of benzene rings is 1. The second kappa shape index (κ2) is 6.41. The third-order valence-electron chi connectivity index (χ3n) is 3.43. The molecule has 1 saturated heterocycles. The lowest BCUT2D eigenvalue weighted by Crippen LogP contribution is -2.22. The summed E-state index contributed by atoms with van der Waals surface area (Å²) < 4.78 is 1.18. The van der Waals surface area contributed by atoms with Crippen molar-refractivity contribution in [3.8, 4) is 0 Å². The fraction of sp³-hybridized carbons (Fsp3) is 0.571. The van der Waals surface area contributed by atoms with Crippen LogP contribution in [0.1, 0.15) is 24.8 Å². The maximum Gasteiger partial charge on any atom is 0.0381 e. The minimum Gasteiger partial charge on any atom is -0.385 e. The van der Waals surface area contributed by atoms with Crippen molar-refractivity contribution in [1.82, 2.24) is 4.90 Å². The number of halogens is 1. The molecule has 1 heterocycles. The van der Waals surface area contributed by atoms with E-state index in [1.54, 1.807) is 0 Å². The molecule has 2 nitrogen and oxygen atoms in total. The summed E-state index contributed by atoms with van der Waals surface area (Å²) in [4.78, 5) is 2.56. The molecule has 0 amide bonds. The lowest BCUT2D eigenvalue weighted by molar-refractivity contribution is 0.337. The molecular formula is C14H21BrN2. The van der Waals surface area contributed by atoms with Gasteiger partial charge in [0.05, 0.1) is 0 Å². The molecule has 0 saturated carbocycles. The fourth-order valence-corrected chi connectivity index (χ4v) is 2.70. The molecule has 0 atom stereocenters. The van der Waals surface area contributed by atoms with E-state index in [2.05, 4.69) is 51.3 Å². The first-order chi connectivity index (χ1) is 8.27. The van der Waals surface area contributed by atoms with Crippen molar-refractivity contribution >= 4 is 21.6 Å². The van der Waals surface area contributed by atoms with Crippen LogP contribution in [0.25, 0.3) is 0 Å². The molecule has 3 heteroatoms. The zero-order valence-corrected chi connectivity index (χ0v) is 12.1. The SMILES string of the molecule is Cc1c(Br)cccc1NCCCN1CCCC1. The summed E-state index contributed by atoms with van der Waals surface area (Å²) in [5.41, 5.74) is 2.55. The number of anilines is 1. The Hall–Kier alpha value is -0.540. The molecule has 1 aromatic carbocycles. The van der Waals surface area contributed by atoms with E-state index in [0.29, 0.717) is 0 Å². The number of nitrogens with one attached hydrogen (secondary N) is 1. The molecule has 17 heavy (non-hydrogen) atoms. The smallest absolute Gasteiger partial charge is 0.0381 e. The Bertz CT molecular complexity index is 359. The van der Waals surface area contributed by atoms with Crippen molar-refractivity contribution < 1.29 is 0 Å². The Labute approximate surface area is 113 Å². The van der Waals surface area contributed by atoms with Crippen molar-refractivity contribution in [1.29, 1.82) is 0 Å². The molecule has 0 bridgehead atoms. The van der Waals surface area contributed by atoms with Crippen LogP contribution in [-0.4, -0.2) is 31.1 Å². The van der Waals surface area contributed by atoms with Gasteiger partial charge in [0.2, 0.25) is 0 Å². The number of rotatable bonds is 5. The Morgan fingerprint density at radius 1 is 1.29 bits per heavy atom. The van der Waals surface area contributed by atoms with Crippen LogP contribution in [0.3, 0.4) is 0 Å². The Balaban J connectivity index is 1.72. The maximum absolute atomic E-state index is 3.56. The summed E-state index contributed by atoms with van der Waals surface area (Å²) in [5, 5.41) is 3.52. The zero-order valence-electron chi connectivity index (χ0n) is 10.5. The molecule has 0 aliphatic carbocycles. The normalized spacial score (nSPS) is 16.4. The summed E-state index contributed by atoms with van der Waals surface area (Å²) in [5.74, 6) is 0. The first-order valence-corrected chi connectivity index (χ1v) is 7.28. The van der Waals surface area contributed by atoms with Gasteiger partial charge in [0.25, 0.3) is 0 Å². The van der Waals surface area contributed by atoms with E-state index in [4.69, 9.17) is 0 Å². The summed E-state index contributed by atoms with van der Waals surface area (Å²) in [6.45, 7) is 7.05. The van der Waals surface area contributed by atoms with E-state index in [9.17, 15) is 0 Å². The molecule has 1 aliphatic rings. The minimum atomic E-state index is 1.06. The van der Waals surface area contributed by atoms with Crippen LogP contribution >= 0.6 is 15.9 Å². The van der Waals surface area contributed by atoms with Crippen molar-refractivity contribution in [2.24, 2.45) is 0 Å². The molecule has 1 aliphatic heterocycles. The van der Waals surface area contributed by atoms with Gasteiger partial charge in [0.1, 0.15) is 0 Å². The molecule has 0 radical (unpaired) electrons. The standard InChI is InChI=1S/C14H21BrN2/c1-12-13(15)6-4-7-14(12)16-8-5-11-17-9-2-3-10-17/h4,6-7,16H,2-3,5,8-11H2,1H3. The van der Waals surface area contributed by atoms with Crippen LogP contribution in [0.2, 0.25) is 0 Å². The molecular weight excluding hydrogens is 276 g/mol. The van der Waals surface area contributed by atoms with Gasteiger partial charge in [-0.2, -0.15) is 0 Å². The molecule has 2 rings (SSSR count). The van der Waals surface area contributed by atoms with Gasteiger partial charge >= 0.3 is 0 Å². The van der Waals surface area contributed by atoms with Crippen LogP contribution in [0.15, 0.2) is 22.7 Å². The lowest BCUT2D eigenvalue weighted by Gasteiger charge is -2.15. The van der Waals surface area contributed by atoms with E-state index in [-0.39, 0.29) is 0 Å². The van der Waals surface area contributed by atoms with Crippen molar-refractivity contribution in [3.63, 3.8) is 0 Å². The van der Waals surface area contributed by atoms with Crippen LogP contribution in [0.5, 0.6) is 0 Å². The number of hydrogen-bond acceptors (Lipinski definition) is 2. The van der Waals surface area contributed by atoms with E-state index in [1.165, 1.54) is 54.6 Å². The number of hydrogen-bond donors (Lipinski definition) is 1. The van der Waals surface area contributed by atoms with Gasteiger partial charge in [-0.25, -0.2) is 0 Å². The van der Waals surface area contributed by atoms with Gasteiger partial charge in [0, 0.05) is 16.7 Å². The summed E-state index contributed by atoms with van der Waals surface area (Å²) in [6, 6.07) is 6.32. The summed E-state index contributed by atoms with van der Waals surface area (Å²) >= 11 is 3.56. The van der Waals surface area contributed by atoms with E-state index >= 15 is 0 Å². The van der Waals surface area contributed by atoms with Crippen molar-refractivity contribution in [2.45, 2.75) is 26.2 Å². The molecule has 0 aromatic heterocycles. The molecule has 1 aromatic rings. The number of likely N-dealkylation sites (tertiary alicyclic amines) is 1. The van der Waals surface area contributed by atoms with Crippen LogP contribution in [0, 0.1) is 6.92 Å². The highest BCUT2D eigenvalue weighted by molar-refractivity contribution is 9.10. The van der Waals surface area contributed by atoms with Gasteiger partial charge in [-0.3, -0.25) is 0 Å². The Morgan fingerprint density at radius 3 is 2.82 bits per heavy atom. The predicted octanol–water partition coefficient (Wildman–Crippen LogP) is 3.66. The highest BCUT2D eigenvalue weighted by atomic mass is 79.9. The second-order valence-electron chi connectivity index (χ2n) is 4.74. The largest absolute Gasteiger partial charge is 0.385 e. The molecule has 0 unspecified atom stereocenters. The topological polar surface area (TPSA) is 15.3 Å². The van der Waals surface area contributed by atoms with E-state index < -0.39 is 0 Å². The van der Waals surface area contributed by atoms with Gasteiger partial charge < -0.3 is 10.2 Å². The van der Waals surface area contributed by atoms with E-state index in [1.807, 2.05) is 0 Å². The quantitative estimate of drug-likeness (QED) is 0.835. The minimum absolute atomic E-state index is 1.06.